The number of carbonyl (C=O) groups is 1. The number of amides is 1. The number of hydrogen-bond donors (Lipinski definition) is 1. The molecule has 2 aromatic heterocycles. The van der Waals surface area contributed by atoms with Gasteiger partial charge in [0.05, 0.1) is 6.54 Å². The number of aryl methyl sites for hydroxylation is 1. The van der Waals surface area contributed by atoms with Crippen molar-refractivity contribution in [1.29, 1.82) is 0 Å². The minimum atomic E-state index is -0.419. The number of ether oxygens (including phenoxy) is 1. The quantitative estimate of drug-likeness (QED) is 0.558. The van der Waals surface area contributed by atoms with Crippen LogP contribution in [0.3, 0.4) is 0 Å². The Balaban J connectivity index is 0.00000153. The van der Waals surface area contributed by atoms with E-state index in [0.29, 0.717) is 24.0 Å². The molecule has 8 nitrogen and oxygen atoms in total. The highest BCUT2D eigenvalue weighted by molar-refractivity contribution is 5.89. The molecule has 0 radical (unpaired) electrons. The fourth-order valence-electron chi connectivity index (χ4n) is 4.45. The minimum Gasteiger partial charge on any atom is -0.441 e. The molecule has 0 atom stereocenters. The molecule has 3 heterocycles. The van der Waals surface area contributed by atoms with Crippen LogP contribution in [-0.2, 0) is 11.8 Å². The molecule has 33 heavy (non-hydrogen) atoms. The molecule has 0 bridgehead atoms. The first-order valence-electron chi connectivity index (χ1n) is 10.6. The number of carbonyl (C=O) groups excluding carboxylic acids is 1. The first kappa shape index (κ1) is 24.9. The molecular weight excluding hydrogens is 470 g/mol. The first-order chi connectivity index (χ1) is 15.0. The van der Waals surface area contributed by atoms with E-state index in [4.69, 9.17) is 4.74 Å². The van der Waals surface area contributed by atoms with Crippen LogP contribution in [0.4, 0.5) is 20.8 Å². The van der Waals surface area contributed by atoms with Gasteiger partial charge in [-0.1, -0.05) is 12.1 Å². The molecular formula is C22H27Cl2FN6O2. The SMILES string of the molecule is Cl.Cl.Cn1ccc(N2CC3(CCC(CNc4ccn(-c5ccccc5F)n4)CC3)OC2=O)n1. The summed E-state index contributed by atoms with van der Waals surface area (Å²) in [6.07, 6.45) is 6.85. The topological polar surface area (TPSA) is 77.2 Å². The number of nitrogens with one attached hydrogen (secondary N) is 1. The number of rotatable bonds is 5. The standard InChI is InChI=1S/C22H25FN6O2.2ClH/c1-27-12-9-20(26-27)28-15-22(31-21(28)30)10-6-16(7-11-22)14-24-19-8-13-29(25-19)18-5-3-2-4-17(18)23;;/h2-5,8-9,12-13,16H,6-7,10-11,14-15H2,1H3,(H,24,25);2*1H. The molecule has 1 N–H and O–H groups in total. The molecule has 3 aromatic rings. The second kappa shape index (κ2) is 10.0. The van der Waals surface area contributed by atoms with Gasteiger partial charge < -0.3 is 10.1 Å². The van der Waals surface area contributed by atoms with E-state index in [-0.39, 0.29) is 36.7 Å². The fourth-order valence-corrected chi connectivity index (χ4v) is 4.45. The minimum absolute atomic E-state index is 0. The molecule has 2 aliphatic rings. The van der Waals surface area contributed by atoms with Crippen LogP contribution in [0.25, 0.3) is 5.69 Å². The van der Waals surface area contributed by atoms with E-state index in [0.717, 1.165) is 38.0 Å². The van der Waals surface area contributed by atoms with Gasteiger partial charge in [0.15, 0.2) is 5.82 Å². The van der Waals surface area contributed by atoms with Crippen molar-refractivity contribution < 1.29 is 13.9 Å². The van der Waals surface area contributed by atoms with Gasteiger partial charge in [-0.2, -0.15) is 10.2 Å². The number of para-hydroxylation sites is 1. The summed E-state index contributed by atoms with van der Waals surface area (Å²) in [6, 6.07) is 10.2. The number of anilines is 2. The van der Waals surface area contributed by atoms with E-state index >= 15 is 0 Å². The predicted octanol–water partition coefficient (Wildman–Crippen LogP) is 4.59. The summed E-state index contributed by atoms with van der Waals surface area (Å²) in [5.74, 6) is 1.52. The zero-order chi connectivity index (χ0) is 21.4. The van der Waals surface area contributed by atoms with E-state index in [1.165, 1.54) is 10.7 Å². The summed E-state index contributed by atoms with van der Waals surface area (Å²) in [6.45, 7) is 1.33. The Kier molecular flexibility index (Phi) is 7.54. The molecule has 1 aliphatic heterocycles. The van der Waals surface area contributed by atoms with Gasteiger partial charge in [0.25, 0.3) is 0 Å². The van der Waals surface area contributed by atoms with Gasteiger partial charge in [0.2, 0.25) is 0 Å². The Hall–Kier alpha value is -2.78. The molecule has 1 saturated carbocycles. The van der Waals surface area contributed by atoms with Crippen molar-refractivity contribution in [2.45, 2.75) is 31.3 Å². The number of nitrogens with zero attached hydrogens (tertiary/aromatic N) is 5. The average Bonchev–Trinajstić information content (AvgIpc) is 3.48. The number of benzene rings is 1. The highest BCUT2D eigenvalue weighted by Crippen LogP contribution is 2.40. The third-order valence-electron chi connectivity index (χ3n) is 6.22. The van der Waals surface area contributed by atoms with Crippen molar-refractivity contribution in [3.05, 3.63) is 54.6 Å². The van der Waals surface area contributed by atoms with Gasteiger partial charge in [-0.15, -0.1) is 24.8 Å². The van der Waals surface area contributed by atoms with E-state index in [1.54, 1.807) is 34.0 Å². The summed E-state index contributed by atoms with van der Waals surface area (Å²) in [4.78, 5) is 14.0. The van der Waals surface area contributed by atoms with E-state index < -0.39 is 5.60 Å². The van der Waals surface area contributed by atoms with Gasteiger partial charge in [0.1, 0.15) is 22.9 Å². The molecule has 1 spiro atoms. The van der Waals surface area contributed by atoms with Crippen LogP contribution in [0.1, 0.15) is 25.7 Å². The lowest BCUT2D eigenvalue weighted by Gasteiger charge is -2.35. The van der Waals surface area contributed by atoms with Gasteiger partial charge in [0, 0.05) is 38.1 Å². The second-order valence-corrected chi connectivity index (χ2v) is 8.41. The van der Waals surface area contributed by atoms with E-state index in [9.17, 15) is 9.18 Å². The first-order valence-corrected chi connectivity index (χ1v) is 10.6. The zero-order valence-corrected chi connectivity index (χ0v) is 19.8. The fraction of sp³-hybridized carbons (Fsp3) is 0.409. The van der Waals surface area contributed by atoms with Crippen LogP contribution in [-0.4, -0.2) is 44.3 Å². The summed E-state index contributed by atoms with van der Waals surface area (Å²) in [7, 11) is 1.83. The van der Waals surface area contributed by atoms with Crippen LogP contribution in [0, 0.1) is 11.7 Å². The van der Waals surface area contributed by atoms with Crippen molar-refractivity contribution in [1.82, 2.24) is 19.6 Å². The van der Waals surface area contributed by atoms with Gasteiger partial charge in [-0.05, 0) is 43.7 Å². The largest absolute Gasteiger partial charge is 0.441 e. The summed E-state index contributed by atoms with van der Waals surface area (Å²) < 4.78 is 23.0. The lowest BCUT2D eigenvalue weighted by Crippen LogP contribution is -2.39. The molecule has 0 unspecified atom stereocenters. The third-order valence-corrected chi connectivity index (χ3v) is 6.22. The predicted molar refractivity (Wildman–Crippen MR) is 128 cm³/mol. The highest BCUT2D eigenvalue weighted by atomic mass is 35.5. The lowest BCUT2D eigenvalue weighted by atomic mass is 9.78. The smallest absolute Gasteiger partial charge is 0.416 e. The maximum absolute atomic E-state index is 13.9. The zero-order valence-electron chi connectivity index (χ0n) is 18.2. The Bertz CT molecular complexity index is 1100. The van der Waals surface area contributed by atoms with Crippen LogP contribution in [0.2, 0.25) is 0 Å². The normalized spacial score (nSPS) is 21.9. The van der Waals surface area contributed by atoms with Crippen molar-refractivity contribution in [2.75, 3.05) is 23.3 Å². The van der Waals surface area contributed by atoms with E-state index in [1.807, 2.05) is 25.4 Å². The summed E-state index contributed by atoms with van der Waals surface area (Å²) in [5.41, 5.74) is 0.00742. The number of halogens is 3. The molecule has 1 saturated heterocycles. The molecule has 1 aromatic carbocycles. The van der Waals surface area contributed by atoms with Crippen LogP contribution in [0.15, 0.2) is 48.8 Å². The van der Waals surface area contributed by atoms with Crippen LogP contribution < -0.4 is 10.2 Å². The van der Waals surface area contributed by atoms with E-state index in [2.05, 4.69) is 15.5 Å². The van der Waals surface area contributed by atoms with Gasteiger partial charge in [-0.25, -0.2) is 13.9 Å². The molecule has 5 rings (SSSR count). The Morgan fingerprint density at radius 1 is 1.12 bits per heavy atom. The second-order valence-electron chi connectivity index (χ2n) is 8.41. The van der Waals surface area contributed by atoms with Crippen molar-refractivity contribution in [3.8, 4) is 5.69 Å². The molecule has 178 valence electrons. The van der Waals surface area contributed by atoms with Crippen molar-refractivity contribution in [3.63, 3.8) is 0 Å². The van der Waals surface area contributed by atoms with Crippen molar-refractivity contribution >= 4 is 42.5 Å². The van der Waals surface area contributed by atoms with Gasteiger partial charge in [-0.3, -0.25) is 9.58 Å². The molecule has 1 amide bonds. The molecule has 11 heteroatoms. The third kappa shape index (κ3) is 5.09. The van der Waals surface area contributed by atoms with Crippen LogP contribution in [0.5, 0.6) is 0 Å². The van der Waals surface area contributed by atoms with Crippen molar-refractivity contribution in [2.24, 2.45) is 13.0 Å². The summed E-state index contributed by atoms with van der Waals surface area (Å²) >= 11 is 0. The van der Waals surface area contributed by atoms with Crippen LogP contribution >= 0.6 is 24.8 Å². The Morgan fingerprint density at radius 2 is 1.88 bits per heavy atom. The number of hydrogen-bond acceptors (Lipinski definition) is 5. The monoisotopic (exact) mass is 496 g/mol. The Morgan fingerprint density at radius 3 is 2.58 bits per heavy atom. The average molecular weight is 497 g/mol. The maximum Gasteiger partial charge on any atom is 0.416 e. The number of aromatic nitrogens is 4. The lowest BCUT2D eigenvalue weighted by molar-refractivity contribution is 0.0148. The molecule has 2 fully saturated rings. The maximum atomic E-state index is 13.9. The Labute approximate surface area is 203 Å². The summed E-state index contributed by atoms with van der Waals surface area (Å²) in [5, 5.41) is 12.1. The molecule has 1 aliphatic carbocycles. The van der Waals surface area contributed by atoms with Gasteiger partial charge >= 0.3 is 6.09 Å². The highest BCUT2D eigenvalue weighted by Gasteiger charge is 2.48.